The summed E-state index contributed by atoms with van der Waals surface area (Å²) in [6.07, 6.45) is 1.62. The molecule has 2 atom stereocenters. The van der Waals surface area contributed by atoms with E-state index in [0.717, 1.165) is 18.8 Å². The van der Waals surface area contributed by atoms with Gasteiger partial charge in [-0.15, -0.1) is 0 Å². The molecule has 5 nitrogen and oxygen atoms in total. The Hall–Kier alpha value is -0.620. The molecule has 0 bridgehead atoms. The molecule has 0 radical (unpaired) electrons. The Morgan fingerprint density at radius 3 is 2.89 bits per heavy atom. The van der Waals surface area contributed by atoms with Gasteiger partial charge in [-0.3, -0.25) is 4.68 Å². The monoisotopic (exact) mass is 272 g/mol. The standard InChI is InChI=1S/C12H21ClN4O/c1-8(2)17-12(9(13)6-15-17)11(14)10-7-16(3)4-5-18-10/h6,8,10-11H,4-5,7,14H2,1-3H3. The molecule has 2 heterocycles. The summed E-state index contributed by atoms with van der Waals surface area (Å²) in [5.74, 6) is 0. The third-order valence-corrected chi connectivity index (χ3v) is 3.58. The zero-order valence-electron chi connectivity index (χ0n) is 11.1. The fourth-order valence-corrected chi connectivity index (χ4v) is 2.53. The van der Waals surface area contributed by atoms with Crippen molar-refractivity contribution in [3.05, 3.63) is 16.9 Å². The molecule has 102 valence electrons. The summed E-state index contributed by atoms with van der Waals surface area (Å²) >= 11 is 6.21. The topological polar surface area (TPSA) is 56.3 Å². The lowest BCUT2D eigenvalue weighted by molar-refractivity contribution is -0.0340. The quantitative estimate of drug-likeness (QED) is 0.905. The minimum absolute atomic E-state index is 0.0320. The van der Waals surface area contributed by atoms with E-state index in [9.17, 15) is 0 Å². The van der Waals surface area contributed by atoms with Crippen LogP contribution in [0, 0.1) is 0 Å². The molecule has 1 aromatic rings. The van der Waals surface area contributed by atoms with Crippen molar-refractivity contribution in [1.82, 2.24) is 14.7 Å². The van der Waals surface area contributed by atoms with Crippen LogP contribution in [0.15, 0.2) is 6.20 Å². The van der Waals surface area contributed by atoms with Gasteiger partial charge >= 0.3 is 0 Å². The molecule has 0 amide bonds. The van der Waals surface area contributed by atoms with E-state index in [1.807, 2.05) is 4.68 Å². The minimum Gasteiger partial charge on any atom is -0.374 e. The lowest BCUT2D eigenvalue weighted by Gasteiger charge is -2.34. The van der Waals surface area contributed by atoms with E-state index in [1.165, 1.54) is 0 Å². The SMILES string of the molecule is CC(C)n1ncc(Cl)c1C(N)C1CN(C)CCO1. The van der Waals surface area contributed by atoms with Gasteiger partial charge in [-0.2, -0.15) is 5.10 Å². The summed E-state index contributed by atoms with van der Waals surface area (Å²) in [6.45, 7) is 6.60. The molecule has 1 aromatic heterocycles. The van der Waals surface area contributed by atoms with E-state index in [1.54, 1.807) is 6.20 Å². The maximum absolute atomic E-state index is 6.32. The number of hydrogen-bond acceptors (Lipinski definition) is 4. The molecule has 2 N–H and O–H groups in total. The van der Waals surface area contributed by atoms with Crippen molar-refractivity contribution < 1.29 is 4.74 Å². The van der Waals surface area contributed by atoms with Crippen LogP contribution in [0.4, 0.5) is 0 Å². The zero-order chi connectivity index (χ0) is 13.3. The Labute approximate surface area is 113 Å². The van der Waals surface area contributed by atoms with Crippen LogP contribution in [0.3, 0.4) is 0 Å². The molecule has 0 spiro atoms. The maximum Gasteiger partial charge on any atom is 0.0910 e. The molecule has 1 fully saturated rings. The summed E-state index contributed by atoms with van der Waals surface area (Å²) in [5.41, 5.74) is 7.19. The molecule has 6 heteroatoms. The average molecular weight is 273 g/mol. The third-order valence-electron chi connectivity index (χ3n) is 3.29. The Morgan fingerprint density at radius 1 is 1.56 bits per heavy atom. The number of rotatable bonds is 3. The normalized spacial score (nSPS) is 23.6. The molecule has 0 aromatic carbocycles. The summed E-state index contributed by atoms with van der Waals surface area (Å²) in [5, 5.41) is 4.90. The van der Waals surface area contributed by atoms with Crippen LogP contribution in [0.5, 0.6) is 0 Å². The maximum atomic E-state index is 6.32. The van der Waals surface area contributed by atoms with Crippen LogP contribution in [0.1, 0.15) is 31.6 Å². The van der Waals surface area contributed by atoms with E-state index >= 15 is 0 Å². The molecule has 1 aliphatic heterocycles. The second-order valence-corrected chi connectivity index (χ2v) is 5.52. The first-order chi connectivity index (χ1) is 8.50. The van der Waals surface area contributed by atoms with E-state index < -0.39 is 0 Å². The average Bonchev–Trinajstić information content (AvgIpc) is 2.70. The lowest BCUT2D eigenvalue weighted by atomic mass is 10.1. The minimum atomic E-state index is -0.245. The molecule has 0 saturated carbocycles. The van der Waals surface area contributed by atoms with Gasteiger partial charge in [0.25, 0.3) is 0 Å². The van der Waals surface area contributed by atoms with Crippen molar-refractivity contribution >= 4 is 11.6 Å². The highest BCUT2D eigenvalue weighted by Crippen LogP contribution is 2.28. The third kappa shape index (κ3) is 2.69. The summed E-state index contributed by atoms with van der Waals surface area (Å²) in [7, 11) is 2.07. The van der Waals surface area contributed by atoms with E-state index in [4.69, 9.17) is 22.1 Å². The van der Waals surface area contributed by atoms with E-state index in [0.29, 0.717) is 11.6 Å². The van der Waals surface area contributed by atoms with Gasteiger partial charge in [0.2, 0.25) is 0 Å². The summed E-state index contributed by atoms with van der Waals surface area (Å²) in [6, 6.07) is -0.00924. The van der Waals surface area contributed by atoms with E-state index in [-0.39, 0.29) is 18.2 Å². The summed E-state index contributed by atoms with van der Waals surface area (Å²) < 4.78 is 7.64. The molecule has 2 unspecified atom stereocenters. The molecule has 18 heavy (non-hydrogen) atoms. The number of ether oxygens (including phenoxy) is 1. The number of halogens is 1. The van der Waals surface area contributed by atoms with Crippen molar-refractivity contribution in [2.75, 3.05) is 26.7 Å². The highest BCUT2D eigenvalue weighted by atomic mass is 35.5. The van der Waals surface area contributed by atoms with Crippen LogP contribution in [-0.2, 0) is 4.74 Å². The van der Waals surface area contributed by atoms with Gasteiger partial charge in [-0.25, -0.2) is 0 Å². The molecule has 1 aliphatic rings. The first-order valence-corrected chi connectivity index (χ1v) is 6.67. The van der Waals surface area contributed by atoms with Gasteiger partial charge in [0.1, 0.15) is 0 Å². The number of nitrogens with zero attached hydrogens (tertiary/aromatic N) is 3. The number of hydrogen-bond donors (Lipinski definition) is 1. The van der Waals surface area contributed by atoms with Gasteiger partial charge in [0.15, 0.2) is 0 Å². The number of nitrogens with two attached hydrogens (primary N) is 1. The molecular weight excluding hydrogens is 252 g/mol. The Balaban J connectivity index is 2.22. The first kappa shape index (κ1) is 13.8. The summed E-state index contributed by atoms with van der Waals surface area (Å²) in [4.78, 5) is 2.22. The van der Waals surface area contributed by atoms with Crippen molar-refractivity contribution in [1.29, 1.82) is 0 Å². The Kier molecular flexibility index (Phi) is 4.27. The predicted molar refractivity (Wildman–Crippen MR) is 71.8 cm³/mol. The van der Waals surface area contributed by atoms with Crippen molar-refractivity contribution in [2.45, 2.75) is 32.0 Å². The van der Waals surface area contributed by atoms with Crippen LogP contribution in [-0.4, -0.2) is 47.5 Å². The Morgan fingerprint density at radius 2 is 2.28 bits per heavy atom. The van der Waals surface area contributed by atoms with Gasteiger partial charge in [-0.05, 0) is 20.9 Å². The first-order valence-electron chi connectivity index (χ1n) is 6.29. The van der Waals surface area contributed by atoms with Gasteiger partial charge in [0.05, 0.1) is 35.7 Å². The van der Waals surface area contributed by atoms with Crippen LogP contribution in [0.25, 0.3) is 0 Å². The van der Waals surface area contributed by atoms with Gasteiger partial charge < -0.3 is 15.4 Å². The van der Waals surface area contributed by atoms with Crippen LogP contribution < -0.4 is 5.73 Å². The van der Waals surface area contributed by atoms with Gasteiger partial charge in [-0.1, -0.05) is 11.6 Å². The second kappa shape index (κ2) is 5.57. The van der Waals surface area contributed by atoms with Crippen molar-refractivity contribution in [3.8, 4) is 0 Å². The van der Waals surface area contributed by atoms with Gasteiger partial charge in [0, 0.05) is 19.1 Å². The molecule has 2 rings (SSSR count). The molecule has 1 saturated heterocycles. The molecular formula is C12H21ClN4O. The fraction of sp³-hybridized carbons (Fsp3) is 0.750. The van der Waals surface area contributed by atoms with Crippen LogP contribution in [0.2, 0.25) is 5.02 Å². The van der Waals surface area contributed by atoms with Crippen LogP contribution >= 0.6 is 11.6 Å². The second-order valence-electron chi connectivity index (χ2n) is 5.11. The van der Waals surface area contributed by atoms with Crippen molar-refractivity contribution in [3.63, 3.8) is 0 Å². The number of aromatic nitrogens is 2. The van der Waals surface area contributed by atoms with E-state index in [2.05, 4.69) is 30.9 Å². The lowest BCUT2D eigenvalue weighted by Crippen LogP contribution is -2.45. The highest BCUT2D eigenvalue weighted by Gasteiger charge is 2.29. The predicted octanol–water partition coefficient (Wildman–Crippen LogP) is 1.45. The fourth-order valence-electron chi connectivity index (χ4n) is 2.28. The number of morpholine rings is 1. The highest BCUT2D eigenvalue weighted by molar-refractivity contribution is 6.31. The Bertz CT molecular complexity index is 407. The zero-order valence-corrected chi connectivity index (χ0v) is 11.9. The largest absolute Gasteiger partial charge is 0.374 e. The smallest absolute Gasteiger partial charge is 0.0910 e. The molecule has 0 aliphatic carbocycles. The van der Waals surface area contributed by atoms with Crippen molar-refractivity contribution in [2.24, 2.45) is 5.73 Å². The number of likely N-dealkylation sites (N-methyl/N-ethyl adjacent to an activating group) is 1.